The number of hydrogen-bond donors (Lipinski definition) is 2. The molecule has 3 aromatic rings. The van der Waals surface area contributed by atoms with Gasteiger partial charge in [-0.3, -0.25) is 4.79 Å². The van der Waals surface area contributed by atoms with E-state index < -0.39 is 5.82 Å². The number of likely N-dealkylation sites (N-methyl/N-ethyl adjacent to an activating group) is 1. The van der Waals surface area contributed by atoms with Gasteiger partial charge in [0.05, 0.1) is 35.7 Å². The number of methoxy groups -OCH3 is 1. The number of amides is 1. The number of piperazine rings is 1. The summed E-state index contributed by atoms with van der Waals surface area (Å²) in [6.07, 6.45) is 2.72. The Hall–Kier alpha value is -3.30. The summed E-state index contributed by atoms with van der Waals surface area (Å²) < 4.78 is 20.2. The smallest absolute Gasteiger partial charge is 0.251 e. The van der Waals surface area contributed by atoms with E-state index in [-0.39, 0.29) is 28.8 Å². The molecular formula is C27H27ClFN5O3. The van der Waals surface area contributed by atoms with E-state index in [4.69, 9.17) is 21.3 Å². The van der Waals surface area contributed by atoms with E-state index in [0.717, 1.165) is 42.0 Å². The van der Waals surface area contributed by atoms with Crippen LogP contribution in [0.1, 0.15) is 24.1 Å². The zero-order chi connectivity index (χ0) is 25.6. The molecule has 1 aromatic heterocycles. The number of hydrogen-bond acceptors (Lipinski definition) is 7. The second-order valence-corrected chi connectivity index (χ2v) is 10.8. The van der Waals surface area contributed by atoms with Gasteiger partial charge in [0.2, 0.25) is 5.88 Å². The molecule has 0 radical (unpaired) electrons. The number of pyridine rings is 1. The van der Waals surface area contributed by atoms with E-state index >= 15 is 0 Å². The van der Waals surface area contributed by atoms with Crippen LogP contribution in [0.3, 0.4) is 0 Å². The minimum absolute atomic E-state index is 0.0357. The molecule has 10 heteroatoms. The Kier molecular flexibility index (Phi) is 5.00. The lowest BCUT2D eigenvalue weighted by molar-refractivity contribution is -0.120. The Balaban J connectivity index is 1.37. The summed E-state index contributed by atoms with van der Waals surface area (Å²) in [4.78, 5) is 24.4. The lowest BCUT2D eigenvalue weighted by atomic mass is 9.93. The van der Waals surface area contributed by atoms with Gasteiger partial charge in [-0.2, -0.15) is 0 Å². The van der Waals surface area contributed by atoms with Crippen LogP contribution in [0.5, 0.6) is 11.6 Å². The number of rotatable bonds is 2. The zero-order valence-electron chi connectivity index (χ0n) is 20.6. The quantitative estimate of drug-likeness (QED) is 0.531. The summed E-state index contributed by atoms with van der Waals surface area (Å²) >= 11 is 6.42. The highest BCUT2D eigenvalue weighted by molar-refractivity contribution is 6.37. The normalized spacial score (nSPS) is 24.3. The predicted molar refractivity (Wildman–Crippen MR) is 141 cm³/mol. The second kappa shape index (κ2) is 8.10. The first-order valence-electron chi connectivity index (χ1n) is 12.6. The Morgan fingerprint density at radius 1 is 1.24 bits per heavy atom. The molecule has 5 heterocycles. The number of nitrogens with zero attached hydrogens (tertiary/aromatic N) is 4. The van der Waals surface area contributed by atoms with Crippen molar-refractivity contribution in [3.8, 4) is 11.6 Å². The number of nitrogens with one attached hydrogen (secondary N) is 1. The molecule has 192 valence electrons. The van der Waals surface area contributed by atoms with Gasteiger partial charge in [0, 0.05) is 49.2 Å². The summed E-state index contributed by atoms with van der Waals surface area (Å²) in [7, 11) is 3.38. The van der Waals surface area contributed by atoms with Gasteiger partial charge in [-0.05, 0) is 36.8 Å². The fourth-order valence-electron chi connectivity index (χ4n) is 6.75. The first-order chi connectivity index (χ1) is 17.9. The third-order valence-corrected chi connectivity index (χ3v) is 8.76. The summed E-state index contributed by atoms with van der Waals surface area (Å²) in [6, 6.07) is 6.40. The van der Waals surface area contributed by atoms with E-state index in [9.17, 15) is 14.3 Å². The highest BCUT2D eigenvalue weighted by Gasteiger charge is 2.50. The van der Waals surface area contributed by atoms with E-state index in [0.29, 0.717) is 47.9 Å². The van der Waals surface area contributed by atoms with Crippen LogP contribution >= 0.6 is 11.6 Å². The van der Waals surface area contributed by atoms with Crippen molar-refractivity contribution in [1.82, 2.24) is 10.3 Å². The van der Waals surface area contributed by atoms with Gasteiger partial charge in [-0.1, -0.05) is 17.7 Å². The first-order valence-corrected chi connectivity index (χ1v) is 13.0. The molecule has 3 unspecified atom stereocenters. The van der Waals surface area contributed by atoms with Crippen molar-refractivity contribution >= 4 is 45.3 Å². The Morgan fingerprint density at radius 3 is 2.89 bits per heavy atom. The largest absolute Gasteiger partial charge is 0.508 e. The number of carbonyl (C=O) groups excluding carboxylic acids is 1. The fraction of sp³-hybridized carbons (Fsp3) is 0.407. The Labute approximate surface area is 218 Å². The molecule has 2 saturated heterocycles. The molecule has 0 spiro atoms. The zero-order valence-corrected chi connectivity index (χ0v) is 21.3. The number of aromatic nitrogens is 1. The highest BCUT2D eigenvalue weighted by atomic mass is 35.5. The monoisotopic (exact) mass is 523 g/mol. The topological polar surface area (TPSA) is 81.2 Å². The first kappa shape index (κ1) is 22.9. The molecule has 0 aliphatic carbocycles. The molecule has 4 aliphatic rings. The van der Waals surface area contributed by atoms with Crippen LogP contribution in [0.4, 0.5) is 21.5 Å². The van der Waals surface area contributed by atoms with Crippen LogP contribution in [-0.4, -0.2) is 61.4 Å². The standard InChI is InChI=1S/C27H27ClFN5O3/c1-32-25-23(34-11-14-4-6-18(30-14)24(34)27(32)36)16-7-8-33(12-19(16)31-26(25)37-2)20-10-15(35)9-13-3-5-17(29)22(28)21(13)20/h3,5,9-10,14,18,24,30,35H,4,6-8,11-12H2,1-2H3. The molecule has 7 rings (SSSR count). The summed E-state index contributed by atoms with van der Waals surface area (Å²) in [5.41, 5.74) is 4.38. The van der Waals surface area contributed by atoms with Crippen LogP contribution in [-0.2, 0) is 17.8 Å². The summed E-state index contributed by atoms with van der Waals surface area (Å²) in [5, 5.41) is 15.3. The molecular weight excluding hydrogens is 497 g/mol. The minimum atomic E-state index is -0.500. The van der Waals surface area contributed by atoms with Gasteiger partial charge in [0.15, 0.2) is 0 Å². The second-order valence-electron chi connectivity index (χ2n) is 10.4. The number of halogens is 2. The summed E-state index contributed by atoms with van der Waals surface area (Å²) in [5.74, 6) is 0.0667. The van der Waals surface area contributed by atoms with E-state index in [1.54, 1.807) is 37.3 Å². The lowest BCUT2D eigenvalue weighted by Crippen LogP contribution is -2.66. The molecule has 2 N–H and O–H groups in total. The van der Waals surface area contributed by atoms with Crippen molar-refractivity contribution in [1.29, 1.82) is 0 Å². The number of aromatic hydroxyl groups is 1. The Morgan fingerprint density at radius 2 is 2.08 bits per heavy atom. The van der Waals surface area contributed by atoms with Crippen LogP contribution in [0.2, 0.25) is 5.02 Å². The number of carbonyl (C=O) groups is 1. The van der Waals surface area contributed by atoms with Gasteiger partial charge in [-0.25, -0.2) is 9.37 Å². The molecule has 0 saturated carbocycles. The van der Waals surface area contributed by atoms with Crippen LogP contribution in [0.15, 0.2) is 24.3 Å². The SMILES string of the molecule is COc1nc2c(c3c1N(C)C(=O)C1C4CCC(CN31)N4)CCN(c1cc(O)cc3ccc(F)c(Cl)c13)C2. The van der Waals surface area contributed by atoms with Crippen LogP contribution in [0.25, 0.3) is 10.8 Å². The molecule has 2 fully saturated rings. The van der Waals surface area contributed by atoms with E-state index in [1.165, 1.54) is 6.07 Å². The van der Waals surface area contributed by atoms with Gasteiger partial charge < -0.3 is 29.9 Å². The number of ether oxygens (including phenoxy) is 1. The molecule has 3 atom stereocenters. The van der Waals surface area contributed by atoms with Crippen molar-refractivity contribution in [3.05, 3.63) is 46.4 Å². The highest BCUT2D eigenvalue weighted by Crippen LogP contribution is 2.49. The molecule has 8 nitrogen and oxygen atoms in total. The number of phenolic OH excluding ortho intramolecular Hbond substituents is 1. The molecule has 2 aromatic carbocycles. The van der Waals surface area contributed by atoms with Crippen molar-refractivity contribution < 1.29 is 19.0 Å². The van der Waals surface area contributed by atoms with Gasteiger partial charge in [-0.15, -0.1) is 0 Å². The fourth-order valence-corrected chi connectivity index (χ4v) is 7.02. The molecule has 37 heavy (non-hydrogen) atoms. The molecule has 4 aliphatic heterocycles. The minimum Gasteiger partial charge on any atom is -0.508 e. The third-order valence-electron chi connectivity index (χ3n) is 8.39. The van der Waals surface area contributed by atoms with Crippen molar-refractivity contribution in [2.45, 2.75) is 43.9 Å². The van der Waals surface area contributed by atoms with Gasteiger partial charge in [0.1, 0.15) is 23.3 Å². The Bertz CT molecular complexity index is 1480. The summed E-state index contributed by atoms with van der Waals surface area (Å²) in [6.45, 7) is 1.83. The molecule has 2 bridgehead atoms. The number of fused-ring (bicyclic) bond motifs is 9. The van der Waals surface area contributed by atoms with E-state index in [1.807, 2.05) is 0 Å². The van der Waals surface area contributed by atoms with Crippen molar-refractivity contribution in [2.24, 2.45) is 0 Å². The van der Waals surface area contributed by atoms with Crippen molar-refractivity contribution in [2.75, 3.05) is 41.9 Å². The van der Waals surface area contributed by atoms with Crippen LogP contribution < -0.4 is 24.8 Å². The van der Waals surface area contributed by atoms with Gasteiger partial charge >= 0.3 is 0 Å². The third kappa shape index (κ3) is 3.23. The maximum atomic E-state index is 14.4. The van der Waals surface area contributed by atoms with Crippen molar-refractivity contribution in [3.63, 3.8) is 0 Å². The maximum absolute atomic E-state index is 14.4. The molecule has 1 amide bonds. The van der Waals surface area contributed by atoms with Gasteiger partial charge in [0.25, 0.3) is 5.91 Å². The maximum Gasteiger partial charge on any atom is 0.251 e. The lowest BCUT2D eigenvalue weighted by Gasteiger charge is -2.49. The average molecular weight is 524 g/mol. The number of anilines is 3. The van der Waals surface area contributed by atoms with E-state index in [2.05, 4.69) is 15.1 Å². The van der Waals surface area contributed by atoms with Crippen LogP contribution in [0, 0.1) is 5.82 Å². The average Bonchev–Trinajstić information content (AvgIpc) is 3.27. The predicted octanol–water partition coefficient (Wildman–Crippen LogP) is 3.59. The number of benzene rings is 2. The number of phenols is 1.